The third-order valence-electron chi connectivity index (χ3n) is 13.0. The van der Waals surface area contributed by atoms with Crippen molar-refractivity contribution in [3.8, 4) is 0 Å². The Labute approximate surface area is 247 Å². The molecule has 0 aromatic rings. The van der Waals surface area contributed by atoms with Crippen molar-refractivity contribution in [2.24, 2.45) is 57.7 Å². The Kier molecular flexibility index (Phi) is 10.3. The molecule has 12 atom stereocenters. The zero-order valence-corrected chi connectivity index (χ0v) is 25.4. The minimum absolute atomic E-state index is 0. The van der Waals surface area contributed by atoms with Gasteiger partial charge in [-0.1, -0.05) is 53.7 Å². The predicted molar refractivity (Wildman–Crippen MR) is 159 cm³/mol. The van der Waals surface area contributed by atoms with Crippen LogP contribution in [0.3, 0.4) is 0 Å². The molecular weight excluding hydrogens is 520 g/mol. The molecule has 5 aliphatic carbocycles. The number of carboxylic acid groups (broad SMARTS) is 1. The lowest BCUT2D eigenvalue weighted by molar-refractivity contribution is -0.182. The Morgan fingerprint density at radius 2 is 1.63 bits per heavy atom. The van der Waals surface area contributed by atoms with Crippen LogP contribution in [-0.2, 0) is 19.1 Å². The highest BCUT2D eigenvalue weighted by atomic mass is 16.5. The molecule has 3 N–H and O–H groups in total. The van der Waals surface area contributed by atoms with Crippen molar-refractivity contribution >= 4 is 18.2 Å². The first-order chi connectivity index (χ1) is 18.9. The minimum Gasteiger partial charge on any atom is -0.481 e. The highest BCUT2D eigenvalue weighted by molar-refractivity contribution is 5.76. The topological polar surface area (TPSA) is 121 Å². The van der Waals surface area contributed by atoms with Gasteiger partial charge < -0.3 is 24.9 Å². The zero-order chi connectivity index (χ0) is 29.6. The van der Waals surface area contributed by atoms with Crippen LogP contribution >= 0.6 is 0 Å². The molecule has 5 rings (SSSR count). The summed E-state index contributed by atoms with van der Waals surface area (Å²) in [6.45, 7) is 11.8. The van der Waals surface area contributed by atoms with E-state index in [0.29, 0.717) is 35.9 Å². The van der Waals surface area contributed by atoms with Gasteiger partial charge in [0.2, 0.25) is 0 Å². The van der Waals surface area contributed by atoms with Crippen molar-refractivity contribution in [3.63, 3.8) is 0 Å². The van der Waals surface area contributed by atoms with Crippen LogP contribution in [0.4, 0.5) is 0 Å². The first kappa shape index (κ1) is 33.8. The second-order valence-electron chi connectivity index (χ2n) is 14.4. The first-order valence-corrected chi connectivity index (χ1v) is 15.6. The lowest BCUT2D eigenvalue weighted by atomic mass is 9.38. The van der Waals surface area contributed by atoms with Crippen molar-refractivity contribution in [3.05, 3.63) is 11.6 Å². The summed E-state index contributed by atoms with van der Waals surface area (Å²) in [4.78, 5) is 35.9. The smallest absolute Gasteiger partial charge is 0.310 e. The van der Waals surface area contributed by atoms with Crippen LogP contribution in [0, 0.1) is 57.7 Å². The Morgan fingerprint density at radius 1 is 1.00 bits per heavy atom. The molecule has 0 saturated heterocycles. The summed E-state index contributed by atoms with van der Waals surface area (Å²) in [5.74, 6) is 1.70. The van der Waals surface area contributed by atoms with Gasteiger partial charge in [0.25, 0.3) is 0 Å². The molecule has 0 aliphatic heterocycles. The average molecular weight is 577 g/mol. The van der Waals surface area contributed by atoms with Gasteiger partial charge in [-0.15, -0.1) is 0 Å². The van der Waals surface area contributed by atoms with E-state index in [2.05, 4.69) is 40.7 Å². The number of aldehydes is 1. The molecular formula is C34H56O7. The second kappa shape index (κ2) is 12.5. The molecule has 0 bridgehead atoms. The zero-order valence-electron chi connectivity index (χ0n) is 25.4. The molecule has 0 amide bonds. The summed E-state index contributed by atoms with van der Waals surface area (Å²) in [6, 6.07) is 0. The van der Waals surface area contributed by atoms with Gasteiger partial charge in [-0.3, -0.25) is 9.59 Å². The van der Waals surface area contributed by atoms with Crippen LogP contribution in [0.15, 0.2) is 11.6 Å². The second-order valence-corrected chi connectivity index (χ2v) is 14.4. The van der Waals surface area contributed by atoms with Crippen LogP contribution in [0.5, 0.6) is 0 Å². The molecule has 11 unspecified atom stereocenters. The molecule has 4 fully saturated rings. The Balaban J connectivity index is 0.00000151. The number of allylic oxidation sites excluding steroid dienone is 2. The normalized spacial score (nSPS) is 45.3. The van der Waals surface area contributed by atoms with Gasteiger partial charge in [0.15, 0.2) is 0 Å². The molecule has 0 aromatic carbocycles. The summed E-state index contributed by atoms with van der Waals surface area (Å²) in [6.07, 6.45) is 9.81. The van der Waals surface area contributed by atoms with Gasteiger partial charge in [0, 0.05) is 7.11 Å². The largest absolute Gasteiger partial charge is 0.481 e. The number of carbonyl (C=O) groups excluding carboxylic acids is 2. The molecule has 7 nitrogen and oxygen atoms in total. The van der Waals surface area contributed by atoms with E-state index in [0.717, 1.165) is 64.9 Å². The van der Waals surface area contributed by atoms with Gasteiger partial charge in [-0.05, 0) is 110 Å². The van der Waals surface area contributed by atoms with Gasteiger partial charge in [0.1, 0.15) is 18.5 Å². The first-order valence-electron chi connectivity index (χ1n) is 15.6. The predicted octanol–water partition coefficient (Wildman–Crippen LogP) is 6.05. The summed E-state index contributed by atoms with van der Waals surface area (Å²) in [7, 11) is 1.00. The number of fused-ring (bicyclic) bond motifs is 7. The maximum Gasteiger partial charge on any atom is 0.310 e. The number of aliphatic hydroxyl groups excluding tert-OH is 2. The van der Waals surface area contributed by atoms with E-state index in [1.165, 1.54) is 5.57 Å². The summed E-state index contributed by atoms with van der Waals surface area (Å²) < 4.78 is 5.81. The molecule has 0 heterocycles. The number of rotatable bonds is 5. The third-order valence-corrected chi connectivity index (χ3v) is 13.0. The molecule has 4 saturated carbocycles. The maximum atomic E-state index is 12.8. The minimum atomic E-state index is -1.30. The number of carbonyl (C=O) groups is 3. The monoisotopic (exact) mass is 576 g/mol. The van der Waals surface area contributed by atoms with Crippen LogP contribution < -0.4 is 0 Å². The fourth-order valence-corrected chi connectivity index (χ4v) is 10.7. The molecule has 41 heavy (non-hydrogen) atoms. The van der Waals surface area contributed by atoms with Crippen LogP contribution in [0.25, 0.3) is 0 Å². The number of aliphatic carboxylic acids is 1. The molecule has 0 aromatic heterocycles. The van der Waals surface area contributed by atoms with Crippen LogP contribution in [-0.4, -0.2) is 52.9 Å². The fourth-order valence-electron chi connectivity index (χ4n) is 10.7. The number of hydrogen-bond acceptors (Lipinski definition) is 6. The van der Waals surface area contributed by atoms with E-state index in [9.17, 15) is 24.6 Å². The standard InChI is InChI=1S/C32H48O6.CH4O.CH4/c1-18-8-14-32(29(36)37)15-10-24-22(28(32)19(18)2)6-7-26-30(4)13-11-25(38-27(35)16-21(34)17-33)20(3)23(30)9-12-31(24,26)5;1-2;/h6,17-21,23-26,28,34H,7-16H2,1-5H3,(H,36,37);2H,1H3;1H4/t18-,19?,20?,21?,23?,24?,25?,26?,28?,30?,31?,32?;;/m1../s1. The highest BCUT2D eigenvalue weighted by Crippen LogP contribution is 2.70. The number of aliphatic hydroxyl groups is 2. The Morgan fingerprint density at radius 3 is 2.27 bits per heavy atom. The number of ether oxygens (including phenoxy) is 1. The molecule has 0 spiro atoms. The van der Waals surface area contributed by atoms with E-state index in [1.54, 1.807) is 0 Å². The Hall–Kier alpha value is -1.73. The maximum absolute atomic E-state index is 12.8. The van der Waals surface area contributed by atoms with Gasteiger partial charge in [-0.2, -0.15) is 0 Å². The Bertz CT molecular complexity index is 1010. The van der Waals surface area contributed by atoms with Crippen molar-refractivity contribution in [2.45, 2.75) is 118 Å². The van der Waals surface area contributed by atoms with E-state index in [1.807, 2.05) is 0 Å². The van der Waals surface area contributed by atoms with Crippen LogP contribution in [0.2, 0.25) is 0 Å². The highest BCUT2D eigenvalue weighted by Gasteiger charge is 2.65. The van der Waals surface area contributed by atoms with E-state index in [-0.39, 0.29) is 42.6 Å². The number of esters is 1. The van der Waals surface area contributed by atoms with Crippen molar-refractivity contribution in [2.75, 3.05) is 7.11 Å². The quantitative estimate of drug-likeness (QED) is 0.207. The lowest BCUT2D eigenvalue weighted by Gasteiger charge is -2.66. The molecule has 234 valence electrons. The van der Waals surface area contributed by atoms with Gasteiger partial charge >= 0.3 is 11.9 Å². The fraction of sp³-hybridized carbons (Fsp3) is 0.853. The van der Waals surface area contributed by atoms with Crippen molar-refractivity contribution in [1.29, 1.82) is 0 Å². The summed E-state index contributed by atoms with van der Waals surface area (Å²) >= 11 is 0. The average Bonchev–Trinajstić information content (AvgIpc) is 2.92. The third kappa shape index (κ3) is 5.32. The van der Waals surface area contributed by atoms with E-state index < -0.39 is 23.5 Å². The number of hydrogen-bond donors (Lipinski definition) is 3. The van der Waals surface area contributed by atoms with Gasteiger partial charge in [-0.25, -0.2) is 0 Å². The molecule has 0 radical (unpaired) electrons. The van der Waals surface area contributed by atoms with E-state index >= 15 is 0 Å². The van der Waals surface area contributed by atoms with Crippen molar-refractivity contribution in [1.82, 2.24) is 0 Å². The molecule has 7 heteroatoms. The van der Waals surface area contributed by atoms with Crippen LogP contribution in [0.1, 0.15) is 106 Å². The van der Waals surface area contributed by atoms with E-state index in [4.69, 9.17) is 9.84 Å². The number of carboxylic acids is 1. The molecule has 5 aliphatic rings. The lowest BCUT2D eigenvalue weighted by Crippen LogP contribution is -2.61. The summed E-state index contributed by atoms with van der Waals surface area (Å²) in [5.41, 5.74) is 1.19. The van der Waals surface area contributed by atoms with Crippen molar-refractivity contribution < 1.29 is 34.4 Å². The summed E-state index contributed by atoms with van der Waals surface area (Å²) in [5, 5.41) is 27.0. The SMILES string of the molecule is C.CC1C(OC(=O)CC(O)C=O)CCC2(C)C1CCC1(C)C3CCC4(C(=O)O)CC[C@@H](C)C(C)C4C3=CCC12.CO. The van der Waals surface area contributed by atoms with Gasteiger partial charge in [0.05, 0.1) is 11.8 Å².